The van der Waals surface area contributed by atoms with Crippen molar-refractivity contribution in [1.29, 1.82) is 0 Å². The average molecular weight is 437 g/mol. The first-order valence-electron chi connectivity index (χ1n) is 10.2. The standard InChI is InChI=1S/C24H24N4O2.ClH/c1-17-14-20-21(15-18(17)2)26-22-9-8-19(16-28(22)24(20)30)23(29)25-10-4-7-13-27-11-5-3-6-12-27;/h3,5-6,8-9,11-12,14-16H,4,7,10,13H2,1-2H3;1H. The molecule has 0 aliphatic heterocycles. The number of carbonyl (C=O) groups excluding carboxylic acids is 1. The van der Waals surface area contributed by atoms with Gasteiger partial charge in [-0.2, -0.15) is 0 Å². The molecule has 0 unspecified atom stereocenters. The number of rotatable bonds is 6. The van der Waals surface area contributed by atoms with Crippen molar-refractivity contribution in [2.45, 2.75) is 33.2 Å². The van der Waals surface area contributed by atoms with Gasteiger partial charge in [0.1, 0.15) is 12.2 Å². The molecule has 1 aromatic carbocycles. The highest BCUT2D eigenvalue weighted by Gasteiger charge is 2.11. The molecule has 4 aromatic rings. The zero-order valence-corrected chi connectivity index (χ0v) is 18.4. The van der Waals surface area contributed by atoms with Crippen molar-refractivity contribution < 1.29 is 21.8 Å². The molecule has 0 aliphatic carbocycles. The predicted molar refractivity (Wildman–Crippen MR) is 117 cm³/mol. The Labute approximate surface area is 187 Å². The SMILES string of the molecule is Cc1cc2nc3ccc(C(=O)NCCCC[n+]4ccccc4)cn3c(=O)c2cc1C.[Cl-]. The number of fused-ring (bicyclic) bond motifs is 2. The van der Waals surface area contributed by atoms with Gasteiger partial charge < -0.3 is 17.7 Å². The second kappa shape index (κ2) is 9.71. The highest BCUT2D eigenvalue weighted by Crippen LogP contribution is 2.16. The van der Waals surface area contributed by atoms with Gasteiger partial charge in [-0.05, 0) is 55.7 Å². The zero-order chi connectivity index (χ0) is 21.1. The number of aryl methyl sites for hydroxylation is 3. The summed E-state index contributed by atoms with van der Waals surface area (Å²) in [7, 11) is 0. The van der Waals surface area contributed by atoms with E-state index < -0.39 is 0 Å². The van der Waals surface area contributed by atoms with Gasteiger partial charge >= 0.3 is 0 Å². The first kappa shape index (κ1) is 22.4. The minimum atomic E-state index is -0.184. The van der Waals surface area contributed by atoms with Crippen molar-refractivity contribution in [2.24, 2.45) is 0 Å². The van der Waals surface area contributed by atoms with E-state index in [9.17, 15) is 9.59 Å². The van der Waals surface area contributed by atoms with Gasteiger partial charge in [0.25, 0.3) is 11.5 Å². The summed E-state index contributed by atoms with van der Waals surface area (Å²) in [5, 5.41) is 3.50. The maximum atomic E-state index is 12.9. The van der Waals surface area contributed by atoms with Crippen LogP contribution in [0.3, 0.4) is 0 Å². The molecule has 6 nitrogen and oxygen atoms in total. The van der Waals surface area contributed by atoms with Gasteiger partial charge in [-0.25, -0.2) is 9.55 Å². The number of benzene rings is 1. The summed E-state index contributed by atoms with van der Waals surface area (Å²) < 4.78 is 3.58. The Kier molecular flexibility index (Phi) is 7.02. The van der Waals surface area contributed by atoms with Crippen molar-refractivity contribution in [3.05, 3.63) is 88.1 Å². The Morgan fingerprint density at radius 2 is 1.81 bits per heavy atom. The number of unbranched alkanes of at least 4 members (excludes halogenated alkanes) is 1. The van der Waals surface area contributed by atoms with Crippen LogP contribution in [0.2, 0.25) is 0 Å². The number of amides is 1. The smallest absolute Gasteiger partial charge is 0.265 e. The van der Waals surface area contributed by atoms with Crippen molar-refractivity contribution in [1.82, 2.24) is 14.7 Å². The van der Waals surface area contributed by atoms with Gasteiger partial charge in [0.2, 0.25) is 0 Å². The normalized spacial score (nSPS) is 10.8. The second-order valence-corrected chi connectivity index (χ2v) is 7.59. The molecule has 1 amide bonds. The largest absolute Gasteiger partial charge is 1.00 e. The van der Waals surface area contributed by atoms with Gasteiger partial charge in [0.15, 0.2) is 12.4 Å². The fourth-order valence-electron chi connectivity index (χ4n) is 3.51. The van der Waals surface area contributed by atoms with E-state index in [1.54, 1.807) is 18.3 Å². The van der Waals surface area contributed by atoms with Crippen LogP contribution in [-0.4, -0.2) is 21.8 Å². The Bertz CT molecular complexity index is 1290. The summed E-state index contributed by atoms with van der Waals surface area (Å²) in [5.41, 5.74) is 3.65. The van der Waals surface area contributed by atoms with Gasteiger partial charge in [-0.1, -0.05) is 6.07 Å². The van der Waals surface area contributed by atoms with Gasteiger partial charge in [-0.3, -0.25) is 14.0 Å². The molecule has 31 heavy (non-hydrogen) atoms. The van der Waals surface area contributed by atoms with Crippen LogP contribution in [0.25, 0.3) is 16.6 Å². The number of halogens is 1. The van der Waals surface area contributed by atoms with Crippen LogP contribution in [0.5, 0.6) is 0 Å². The molecule has 0 saturated heterocycles. The summed E-state index contributed by atoms with van der Waals surface area (Å²) in [5.74, 6) is -0.184. The van der Waals surface area contributed by atoms with E-state index >= 15 is 0 Å². The van der Waals surface area contributed by atoms with E-state index in [1.807, 2.05) is 56.6 Å². The lowest BCUT2D eigenvalue weighted by molar-refractivity contribution is -0.697. The Balaban J connectivity index is 0.00000272. The number of nitrogens with zero attached hydrogens (tertiary/aromatic N) is 3. The van der Waals surface area contributed by atoms with Crippen LogP contribution in [-0.2, 0) is 6.54 Å². The van der Waals surface area contributed by atoms with Crippen LogP contribution in [0, 0.1) is 13.8 Å². The molecule has 0 fully saturated rings. The van der Waals surface area contributed by atoms with E-state index in [2.05, 4.69) is 14.9 Å². The van der Waals surface area contributed by atoms with Gasteiger partial charge in [-0.15, -0.1) is 0 Å². The third kappa shape index (κ3) is 4.91. The highest BCUT2D eigenvalue weighted by atomic mass is 35.5. The number of hydrogen-bond acceptors (Lipinski definition) is 3. The van der Waals surface area contributed by atoms with E-state index in [4.69, 9.17) is 0 Å². The fourth-order valence-corrected chi connectivity index (χ4v) is 3.51. The number of hydrogen-bond donors (Lipinski definition) is 1. The number of pyridine rings is 2. The number of nitrogens with one attached hydrogen (secondary N) is 1. The number of carbonyl (C=O) groups is 1. The minimum Gasteiger partial charge on any atom is -1.00 e. The maximum absolute atomic E-state index is 12.9. The minimum absolute atomic E-state index is 0. The fraction of sp³-hybridized carbons (Fsp3) is 0.250. The molecule has 3 heterocycles. The molecule has 3 aromatic heterocycles. The Morgan fingerprint density at radius 1 is 1.06 bits per heavy atom. The maximum Gasteiger partial charge on any atom is 0.265 e. The molecule has 0 saturated carbocycles. The van der Waals surface area contributed by atoms with Crippen molar-refractivity contribution in [3.63, 3.8) is 0 Å². The highest BCUT2D eigenvalue weighted by molar-refractivity contribution is 5.94. The molecule has 1 N–H and O–H groups in total. The van der Waals surface area contributed by atoms with Crippen molar-refractivity contribution in [3.8, 4) is 0 Å². The molecule has 4 rings (SSSR count). The predicted octanol–water partition coefficient (Wildman–Crippen LogP) is -0.0338. The average Bonchev–Trinajstić information content (AvgIpc) is 2.75. The molecule has 7 heteroatoms. The molecular weight excluding hydrogens is 412 g/mol. The van der Waals surface area contributed by atoms with Crippen molar-refractivity contribution >= 4 is 22.5 Å². The van der Waals surface area contributed by atoms with Gasteiger partial charge in [0, 0.05) is 31.3 Å². The van der Waals surface area contributed by atoms with E-state index in [-0.39, 0.29) is 23.9 Å². The van der Waals surface area contributed by atoms with E-state index in [0.717, 1.165) is 30.5 Å². The second-order valence-electron chi connectivity index (χ2n) is 7.59. The lowest BCUT2D eigenvalue weighted by atomic mass is 10.1. The zero-order valence-electron chi connectivity index (χ0n) is 17.6. The summed E-state index contributed by atoms with van der Waals surface area (Å²) >= 11 is 0. The van der Waals surface area contributed by atoms with Crippen molar-refractivity contribution in [2.75, 3.05) is 6.54 Å². The van der Waals surface area contributed by atoms with Crippen LogP contribution in [0.4, 0.5) is 0 Å². The lowest BCUT2D eigenvalue weighted by Gasteiger charge is -2.09. The third-order valence-corrected chi connectivity index (χ3v) is 5.39. The first-order valence-corrected chi connectivity index (χ1v) is 10.2. The summed E-state index contributed by atoms with van der Waals surface area (Å²) in [6.07, 6.45) is 7.50. The van der Waals surface area contributed by atoms with Crippen LogP contribution >= 0.6 is 0 Å². The number of aromatic nitrogens is 3. The van der Waals surface area contributed by atoms with Crippen LogP contribution in [0.1, 0.15) is 34.3 Å². The van der Waals surface area contributed by atoms with Crippen LogP contribution < -0.4 is 27.9 Å². The Hall–Kier alpha value is -3.25. The van der Waals surface area contributed by atoms with Crippen LogP contribution in [0.15, 0.2) is 65.8 Å². The summed E-state index contributed by atoms with van der Waals surface area (Å²) in [6.45, 7) is 5.49. The van der Waals surface area contributed by atoms with E-state index in [1.165, 1.54) is 4.40 Å². The molecule has 0 aliphatic rings. The molecular formula is C24H25ClN4O2. The molecule has 0 bridgehead atoms. The lowest BCUT2D eigenvalue weighted by Crippen LogP contribution is -3.00. The molecule has 0 radical (unpaired) electrons. The topological polar surface area (TPSA) is 67.3 Å². The molecule has 0 atom stereocenters. The summed E-state index contributed by atoms with van der Waals surface area (Å²) in [6, 6.07) is 13.2. The van der Waals surface area contributed by atoms with Gasteiger partial charge in [0.05, 0.1) is 16.5 Å². The van der Waals surface area contributed by atoms with E-state index in [0.29, 0.717) is 28.7 Å². The first-order chi connectivity index (χ1) is 14.5. The monoisotopic (exact) mass is 436 g/mol. The quantitative estimate of drug-likeness (QED) is 0.262. The third-order valence-electron chi connectivity index (χ3n) is 5.39. The Morgan fingerprint density at radius 3 is 2.58 bits per heavy atom. The molecule has 0 spiro atoms. The molecule has 160 valence electrons. The summed E-state index contributed by atoms with van der Waals surface area (Å²) in [4.78, 5) is 30.1.